The van der Waals surface area contributed by atoms with Gasteiger partial charge in [-0.25, -0.2) is 0 Å². The van der Waals surface area contributed by atoms with Gasteiger partial charge >= 0.3 is 5.97 Å². The van der Waals surface area contributed by atoms with Crippen molar-refractivity contribution in [1.82, 2.24) is 0 Å². The van der Waals surface area contributed by atoms with Gasteiger partial charge in [0.05, 0.1) is 12.0 Å². The first-order valence-electron chi connectivity index (χ1n) is 7.54. The Morgan fingerprint density at radius 3 is 1.94 bits per heavy atom. The quantitative estimate of drug-likeness (QED) is 0.520. The van der Waals surface area contributed by atoms with E-state index in [4.69, 9.17) is 5.11 Å². The maximum absolute atomic E-state index is 11.0. The molecule has 0 aromatic heterocycles. The Morgan fingerprint density at radius 1 is 0.889 bits per heavy atom. The number of aliphatic carboxylic acids is 1. The van der Waals surface area contributed by atoms with E-state index >= 15 is 0 Å². The summed E-state index contributed by atoms with van der Waals surface area (Å²) in [4.78, 5) is 11.0. The molecular weight excluding hydrogens is 228 g/mol. The molecule has 0 amide bonds. The Hall–Kier alpha value is -0.570. The lowest BCUT2D eigenvalue weighted by Crippen LogP contribution is -2.28. The van der Waals surface area contributed by atoms with Crippen LogP contribution >= 0.6 is 0 Å². The number of aliphatic hydroxyl groups excluding tert-OH is 1. The second kappa shape index (κ2) is 11.5. The second-order valence-electron chi connectivity index (χ2n) is 5.21. The molecule has 0 radical (unpaired) electrons. The van der Waals surface area contributed by atoms with E-state index in [1.807, 2.05) is 6.92 Å². The molecule has 0 saturated heterocycles. The predicted molar refractivity (Wildman–Crippen MR) is 74.7 cm³/mol. The third kappa shape index (κ3) is 8.51. The number of carboxylic acids is 1. The number of aliphatic hydroxyl groups is 1. The number of carbonyl (C=O) groups is 1. The average molecular weight is 258 g/mol. The Labute approximate surface area is 112 Å². The SMILES string of the molecule is CCCCCCCCCC(O)C(CCC)C(=O)O. The van der Waals surface area contributed by atoms with E-state index in [1.54, 1.807) is 0 Å². The van der Waals surface area contributed by atoms with Gasteiger partial charge in [0.1, 0.15) is 0 Å². The van der Waals surface area contributed by atoms with Crippen LogP contribution in [0.25, 0.3) is 0 Å². The standard InChI is InChI=1S/C15H30O3/c1-3-5-6-7-8-9-10-12-14(16)13(11-4-2)15(17)18/h13-14,16H,3-12H2,1-2H3,(H,17,18). The molecule has 3 nitrogen and oxygen atoms in total. The summed E-state index contributed by atoms with van der Waals surface area (Å²) in [5, 5.41) is 18.9. The third-order valence-electron chi connectivity index (χ3n) is 3.48. The van der Waals surface area contributed by atoms with Crippen molar-refractivity contribution in [3.63, 3.8) is 0 Å². The summed E-state index contributed by atoms with van der Waals surface area (Å²) >= 11 is 0. The lowest BCUT2D eigenvalue weighted by atomic mass is 9.93. The molecule has 0 saturated carbocycles. The van der Waals surface area contributed by atoms with Crippen molar-refractivity contribution in [2.24, 2.45) is 5.92 Å². The van der Waals surface area contributed by atoms with Crippen LogP contribution in [0.15, 0.2) is 0 Å². The molecule has 0 spiro atoms. The van der Waals surface area contributed by atoms with Crippen LogP contribution < -0.4 is 0 Å². The number of hydrogen-bond donors (Lipinski definition) is 2. The van der Waals surface area contributed by atoms with Gasteiger partial charge in [-0.1, -0.05) is 65.2 Å². The molecule has 0 aliphatic carbocycles. The summed E-state index contributed by atoms with van der Waals surface area (Å²) in [5.74, 6) is -1.43. The van der Waals surface area contributed by atoms with Crippen LogP contribution in [0.1, 0.15) is 78.1 Å². The topological polar surface area (TPSA) is 57.5 Å². The first-order valence-corrected chi connectivity index (χ1v) is 7.54. The Bertz CT molecular complexity index is 204. The zero-order valence-electron chi connectivity index (χ0n) is 12.0. The molecule has 0 aromatic rings. The second-order valence-corrected chi connectivity index (χ2v) is 5.21. The molecule has 3 heteroatoms. The maximum atomic E-state index is 11.0. The van der Waals surface area contributed by atoms with E-state index in [-0.39, 0.29) is 0 Å². The zero-order chi connectivity index (χ0) is 13.8. The minimum absolute atomic E-state index is 0.574. The molecular formula is C15H30O3. The Morgan fingerprint density at radius 2 is 1.44 bits per heavy atom. The molecule has 0 aliphatic heterocycles. The van der Waals surface area contributed by atoms with Crippen LogP contribution in [0.5, 0.6) is 0 Å². The van der Waals surface area contributed by atoms with Crippen LogP contribution in [0, 0.1) is 5.92 Å². The Balaban J connectivity index is 3.61. The zero-order valence-corrected chi connectivity index (χ0v) is 12.0. The fourth-order valence-electron chi connectivity index (χ4n) is 2.30. The maximum Gasteiger partial charge on any atom is 0.309 e. The summed E-state index contributed by atoms with van der Waals surface area (Å²) < 4.78 is 0. The van der Waals surface area contributed by atoms with Crippen molar-refractivity contribution in [3.05, 3.63) is 0 Å². The summed E-state index contributed by atoms with van der Waals surface area (Å²) in [6.45, 7) is 4.16. The van der Waals surface area contributed by atoms with Crippen LogP contribution in [0.3, 0.4) is 0 Å². The van der Waals surface area contributed by atoms with Gasteiger partial charge in [0.15, 0.2) is 0 Å². The van der Waals surface area contributed by atoms with Gasteiger partial charge in [0, 0.05) is 0 Å². The first-order chi connectivity index (χ1) is 8.63. The van der Waals surface area contributed by atoms with Gasteiger partial charge in [0.2, 0.25) is 0 Å². The highest BCUT2D eigenvalue weighted by molar-refractivity contribution is 5.70. The molecule has 0 heterocycles. The van der Waals surface area contributed by atoms with Crippen molar-refractivity contribution in [2.75, 3.05) is 0 Å². The summed E-state index contributed by atoms with van der Waals surface area (Å²) in [5.41, 5.74) is 0. The van der Waals surface area contributed by atoms with Crippen molar-refractivity contribution in [2.45, 2.75) is 84.2 Å². The predicted octanol–water partition coefficient (Wildman–Crippen LogP) is 3.99. The van der Waals surface area contributed by atoms with E-state index in [0.717, 1.165) is 19.3 Å². The molecule has 0 aromatic carbocycles. The smallest absolute Gasteiger partial charge is 0.309 e. The van der Waals surface area contributed by atoms with Crippen LogP contribution in [-0.2, 0) is 4.79 Å². The molecule has 0 aliphatic rings. The lowest BCUT2D eigenvalue weighted by Gasteiger charge is -2.18. The molecule has 18 heavy (non-hydrogen) atoms. The lowest BCUT2D eigenvalue weighted by molar-refractivity contribution is -0.146. The van der Waals surface area contributed by atoms with Crippen LogP contribution in [-0.4, -0.2) is 22.3 Å². The number of rotatable bonds is 12. The van der Waals surface area contributed by atoms with Gasteiger partial charge in [-0.2, -0.15) is 0 Å². The van der Waals surface area contributed by atoms with Crippen molar-refractivity contribution < 1.29 is 15.0 Å². The van der Waals surface area contributed by atoms with Crippen molar-refractivity contribution in [3.8, 4) is 0 Å². The Kier molecular flexibility index (Phi) is 11.2. The van der Waals surface area contributed by atoms with Crippen LogP contribution in [0.2, 0.25) is 0 Å². The van der Waals surface area contributed by atoms with E-state index in [2.05, 4.69) is 6.92 Å². The van der Waals surface area contributed by atoms with Gasteiger partial charge in [-0.3, -0.25) is 4.79 Å². The van der Waals surface area contributed by atoms with E-state index in [0.29, 0.717) is 12.8 Å². The first kappa shape index (κ1) is 17.4. The third-order valence-corrected chi connectivity index (χ3v) is 3.48. The molecule has 2 N–H and O–H groups in total. The minimum Gasteiger partial charge on any atom is -0.481 e. The summed E-state index contributed by atoms with van der Waals surface area (Å²) in [6, 6.07) is 0. The molecule has 0 bridgehead atoms. The fourth-order valence-corrected chi connectivity index (χ4v) is 2.30. The number of unbranched alkanes of at least 4 members (excludes halogenated alkanes) is 6. The van der Waals surface area contributed by atoms with Gasteiger partial charge < -0.3 is 10.2 Å². The van der Waals surface area contributed by atoms with E-state index < -0.39 is 18.0 Å². The summed E-state index contributed by atoms with van der Waals surface area (Å²) in [7, 11) is 0. The highest BCUT2D eigenvalue weighted by Crippen LogP contribution is 2.18. The molecule has 2 atom stereocenters. The van der Waals surface area contributed by atoms with Crippen molar-refractivity contribution in [1.29, 1.82) is 0 Å². The molecule has 0 rings (SSSR count). The van der Waals surface area contributed by atoms with Crippen molar-refractivity contribution >= 4 is 5.97 Å². The fraction of sp³-hybridized carbons (Fsp3) is 0.933. The van der Waals surface area contributed by atoms with E-state index in [1.165, 1.54) is 32.1 Å². The number of hydrogen-bond acceptors (Lipinski definition) is 2. The number of carboxylic acid groups (broad SMARTS) is 1. The van der Waals surface area contributed by atoms with Crippen LogP contribution in [0.4, 0.5) is 0 Å². The normalized spacial score (nSPS) is 14.4. The van der Waals surface area contributed by atoms with Gasteiger partial charge in [0.25, 0.3) is 0 Å². The molecule has 0 fully saturated rings. The minimum atomic E-state index is -0.854. The van der Waals surface area contributed by atoms with Gasteiger partial charge in [-0.05, 0) is 12.8 Å². The highest BCUT2D eigenvalue weighted by Gasteiger charge is 2.24. The largest absolute Gasteiger partial charge is 0.481 e. The average Bonchev–Trinajstić information content (AvgIpc) is 2.34. The van der Waals surface area contributed by atoms with Gasteiger partial charge in [-0.15, -0.1) is 0 Å². The monoisotopic (exact) mass is 258 g/mol. The van der Waals surface area contributed by atoms with E-state index in [9.17, 15) is 9.90 Å². The summed E-state index contributed by atoms with van der Waals surface area (Å²) in [6.07, 6.45) is 9.74. The molecule has 108 valence electrons. The molecule has 2 unspecified atom stereocenters. The highest BCUT2D eigenvalue weighted by atomic mass is 16.4.